The number of aldehydes is 1. The Kier molecular flexibility index (Phi) is 3.43. The van der Waals surface area contributed by atoms with Crippen molar-refractivity contribution >= 4 is 12.4 Å². The average molecular weight is 281 g/mol. The molecule has 4 nitrogen and oxygen atoms in total. The molecule has 0 aromatic carbocycles. The van der Waals surface area contributed by atoms with Crippen molar-refractivity contribution in [2.75, 3.05) is 0 Å². The van der Waals surface area contributed by atoms with Gasteiger partial charge in [-0.2, -0.15) is 0 Å². The molecule has 3 fully saturated rings. The Labute approximate surface area is 121 Å². The third-order valence-electron chi connectivity index (χ3n) is 5.44. The topological polar surface area (TPSA) is 55.4 Å². The third kappa shape index (κ3) is 2.33. The van der Waals surface area contributed by atoms with E-state index in [1.807, 2.05) is 27.7 Å². The lowest BCUT2D eigenvalue weighted by molar-refractivity contribution is -0.157. The normalized spacial score (nSPS) is 38.6. The van der Waals surface area contributed by atoms with Gasteiger partial charge in [0.25, 0.3) is 0 Å². The van der Waals surface area contributed by atoms with Crippen molar-refractivity contribution in [2.24, 2.45) is 23.2 Å². The Bertz CT molecular complexity index is 424. The number of fused-ring (bicyclic) bond motifs is 2. The van der Waals surface area contributed by atoms with Crippen LogP contribution in [0.2, 0.25) is 0 Å². The van der Waals surface area contributed by atoms with Gasteiger partial charge in [0.15, 0.2) is 0 Å². The second kappa shape index (κ2) is 4.47. The van der Waals surface area contributed by atoms with Gasteiger partial charge >= 0.3 is 6.09 Å². The zero-order chi connectivity index (χ0) is 15.3. The van der Waals surface area contributed by atoms with Crippen LogP contribution in [0.1, 0.15) is 54.4 Å². The largest absolute Gasteiger partial charge is 0.444 e. The van der Waals surface area contributed by atoms with E-state index in [0.717, 1.165) is 19.1 Å². The smallest absolute Gasteiger partial charge is 0.408 e. The van der Waals surface area contributed by atoms with Crippen LogP contribution in [0.15, 0.2) is 0 Å². The van der Waals surface area contributed by atoms with Crippen molar-refractivity contribution in [1.29, 1.82) is 0 Å². The minimum absolute atomic E-state index is 0.119. The van der Waals surface area contributed by atoms with E-state index >= 15 is 0 Å². The molecule has 0 aromatic rings. The quantitative estimate of drug-likeness (QED) is 0.791. The lowest BCUT2D eigenvalue weighted by atomic mass is 9.41. The van der Waals surface area contributed by atoms with Gasteiger partial charge in [0.1, 0.15) is 11.9 Å². The first-order valence-electron chi connectivity index (χ1n) is 7.47. The fraction of sp³-hybridized carbons (Fsp3) is 0.875. The molecule has 0 aromatic heterocycles. The fourth-order valence-electron chi connectivity index (χ4n) is 4.14. The second-order valence-corrected chi connectivity index (χ2v) is 8.19. The number of carbonyl (C=O) groups excluding carboxylic acids is 2. The molecule has 3 saturated carbocycles. The second-order valence-electron chi connectivity index (χ2n) is 8.19. The van der Waals surface area contributed by atoms with Crippen LogP contribution >= 0.6 is 0 Å². The van der Waals surface area contributed by atoms with Gasteiger partial charge in [-0.25, -0.2) is 4.79 Å². The van der Waals surface area contributed by atoms with Crippen LogP contribution < -0.4 is 5.32 Å². The van der Waals surface area contributed by atoms with E-state index in [0.29, 0.717) is 11.8 Å². The van der Waals surface area contributed by atoms with Gasteiger partial charge in [-0.05, 0) is 57.8 Å². The summed E-state index contributed by atoms with van der Waals surface area (Å²) >= 11 is 0. The Hall–Kier alpha value is -1.06. The zero-order valence-electron chi connectivity index (χ0n) is 13.4. The zero-order valence-corrected chi connectivity index (χ0v) is 13.4. The molecule has 2 bridgehead atoms. The van der Waals surface area contributed by atoms with Crippen molar-refractivity contribution in [3.8, 4) is 0 Å². The molecule has 3 rings (SSSR count). The van der Waals surface area contributed by atoms with Crippen LogP contribution in [-0.2, 0) is 9.53 Å². The van der Waals surface area contributed by atoms with E-state index in [1.165, 1.54) is 0 Å². The summed E-state index contributed by atoms with van der Waals surface area (Å²) in [7, 11) is 0. The molecule has 4 atom stereocenters. The first-order valence-corrected chi connectivity index (χ1v) is 7.47. The summed E-state index contributed by atoms with van der Waals surface area (Å²) in [5.41, 5.74) is -0.838. The molecule has 1 N–H and O–H groups in total. The van der Waals surface area contributed by atoms with Gasteiger partial charge in [-0.3, -0.25) is 0 Å². The van der Waals surface area contributed by atoms with Crippen molar-refractivity contribution in [3.05, 3.63) is 0 Å². The summed E-state index contributed by atoms with van der Waals surface area (Å²) in [5.74, 6) is 0.805. The van der Waals surface area contributed by atoms with Gasteiger partial charge in [0.05, 0.1) is 5.54 Å². The summed E-state index contributed by atoms with van der Waals surface area (Å²) < 4.78 is 5.37. The number of hydrogen-bond acceptors (Lipinski definition) is 3. The van der Waals surface area contributed by atoms with Crippen LogP contribution in [0, 0.1) is 23.2 Å². The first-order chi connectivity index (χ1) is 9.00. The molecule has 3 aliphatic rings. The van der Waals surface area contributed by atoms with Gasteiger partial charge < -0.3 is 14.8 Å². The van der Waals surface area contributed by atoms with E-state index in [4.69, 9.17) is 4.74 Å². The van der Waals surface area contributed by atoms with Crippen LogP contribution in [-0.4, -0.2) is 23.5 Å². The lowest BCUT2D eigenvalue weighted by Crippen LogP contribution is -2.71. The van der Waals surface area contributed by atoms with E-state index in [9.17, 15) is 9.59 Å². The van der Waals surface area contributed by atoms with E-state index < -0.39 is 17.2 Å². The maximum atomic E-state index is 12.1. The summed E-state index contributed by atoms with van der Waals surface area (Å²) in [5, 5.41) is 3.00. The molecule has 0 saturated heterocycles. The Morgan fingerprint density at radius 3 is 2.30 bits per heavy atom. The maximum absolute atomic E-state index is 12.1. The van der Waals surface area contributed by atoms with E-state index in [-0.39, 0.29) is 11.3 Å². The molecule has 0 radical (unpaired) electrons. The summed E-state index contributed by atoms with van der Waals surface area (Å²) in [6, 6.07) is 0. The SMILES string of the molecule is CC(C)(C)OC(=O)N[C@]1(C)[C@@H]2C[C@H](C[C@@H]1C=O)C2(C)C. The van der Waals surface area contributed by atoms with E-state index in [1.54, 1.807) is 0 Å². The molecule has 20 heavy (non-hydrogen) atoms. The minimum atomic E-state index is -0.524. The highest BCUT2D eigenvalue weighted by Crippen LogP contribution is 2.64. The molecular weight excluding hydrogens is 254 g/mol. The fourth-order valence-corrected chi connectivity index (χ4v) is 4.14. The first kappa shape index (κ1) is 15.3. The van der Waals surface area contributed by atoms with Crippen LogP contribution in [0.25, 0.3) is 0 Å². The molecule has 114 valence electrons. The number of amides is 1. The highest BCUT2D eigenvalue weighted by molar-refractivity contribution is 5.71. The Morgan fingerprint density at radius 2 is 1.85 bits per heavy atom. The number of ether oxygens (including phenoxy) is 1. The standard InChI is InChI=1S/C16H27NO3/c1-14(2,3)20-13(19)17-16(6)11(9-18)7-10-8-12(16)15(10,4)5/h9-12H,7-8H2,1-6H3,(H,17,19)/t10-,11+,12+,16-/m0/s1. The molecular formula is C16H27NO3. The monoisotopic (exact) mass is 281 g/mol. The van der Waals surface area contributed by atoms with Crippen molar-refractivity contribution < 1.29 is 14.3 Å². The van der Waals surface area contributed by atoms with Crippen LogP contribution in [0.3, 0.4) is 0 Å². The molecule has 4 heteroatoms. The molecule has 0 spiro atoms. The number of carbonyl (C=O) groups is 2. The summed E-state index contributed by atoms with van der Waals surface area (Å²) in [6.45, 7) is 12.0. The van der Waals surface area contributed by atoms with Gasteiger partial charge in [0.2, 0.25) is 0 Å². The van der Waals surface area contributed by atoms with Gasteiger partial charge in [-0.1, -0.05) is 13.8 Å². The maximum Gasteiger partial charge on any atom is 0.408 e. The predicted molar refractivity (Wildman–Crippen MR) is 77.3 cm³/mol. The predicted octanol–water partition coefficient (Wildman–Crippen LogP) is 3.15. The van der Waals surface area contributed by atoms with Gasteiger partial charge in [0, 0.05) is 5.92 Å². The summed E-state index contributed by atoms with van der Waals surface area (Å²) in [4.78, 5) is 23.5. The highest BCUT2D eigenvalue weighted by atomic mass is 16.6. The minimum Gasteiger partial charge on any atom is -0.444 e. The molecule has 0 heterocycles. The highest BCUT2D eigenvalue weighted by Gasteiger charge is 2.63. The molecule has 3 aliphatic carbocycles. The van der Waals surface area contributed by atoms with Gasteiger partial charge in [-0.15, -0.1) is 0 Å². The number of hydrogen-bond donors (Lipinski definition) is 1. The van der Waals surface area contributed by atoms with Crippen LogP contribution in [0.4, 0.5) is 4.79 Å². The number of rotatable bonds is 2. The van der Waals surface area contributed by atoms with Crippen LogP contribution in [0.5, 0.6) is 0 Å². The Balaban J connectivity index is 2.17. The molecule has 1 amide bonds. The number of nitrogens with one attached hydrogen (secondary N) is 1. The Morgan fingerprint density at radius 1 is 1.25 bits per heavy atom. The lowest BCUT2D eigenvalue weighted by Gasteiger charge is -2.66. The third-order valence-corrected chi connectivity index (χ3v) is 5.44. The van der Waals surface area contributed by atoms with Crippen molar-refractivity contribution in [1.82, 2.24) is 5.32 Å². The molecule has 0 unspecified atom stereocenters. The summed E-state index contributed by atoms with van der Waals surface area (Å²) in [6.07, 6.45) is 2.53. The van der Waals surface area contributed by atoms with Crippen molar-refractivity contribution in [3.63, 3.8) is 0 Å². The number of alkyl carbamates (subject to hydrolysis) is 1. The molecule has 0 aliphatic heterocycles. The average Bonchev–Trinajstić information content (AvgIpc) is 2.24. The van der Waals surface area contributed by atoms with E-state index in [2.05, 4.69) is 19.2 Å². The van der Waals surface area contributed by atoms with Crippen molar-refractivity contribution in [2.45, 2.75) is 65.5 Å².